The highest BCUT2D eigenvalue weighted by molar-refractivity contribution is 7.83. The van der Waals surface area contributed by atoms with E-state index >= 15 is 0 Å². The fourth-order valence-electron chi connectivity index (χ4n) is 1.63. The lowest BCUT2D eigenvalue weighted by Crippen LogP contribution is -2.45. The molecule has 0 radical (unpaired) electrons. The minimum atomic E-state index is -1.50. The van der Waals surface area contributed by atoms with Crippen LogP contribution in [0.25, 0.3) is 0 Å². The molecule has 0 aliphatic carbocycles. The molecular formula is C15H21NO2S. The van der Waals surface area contributed by atoms with Gasteiger partial charge in [0.15, 0.2) is 11.0 Å². The molecule has 4 heteroatoms. The van der Waals surface area contributed by atoms with Gasteiger partial charge in [0.05, 0.1) is 4.90 Å². The van der Waals surface area contributed by atoms with Crippen LogP contribution >= 0.6 is 0 Å². The van der Waals surface area contributed by atoms with E-state index in [1.807, 2.05) is 39.8 Å². The zero-order valence-corrected chi connectivity index (χ0v) is 13.0. The Morgan fingerprint density at radius 3 is 2.16 bits per heavy atom. The van der Waals surface area contributed by atoms with Crippen LogP contribution in [0, 0.1) is 6.92 Å². The summed E-state index contributed by atoms with van der Waals surface area (Å²) in [6.45, 7) is 9.37. The summed E-state index contributed by atoms with van der Waals surface area (Å²) in [6, 6.07) is 7.39. The van der Waals surface area contributed by atoms with E-state index < -0.39 is 16.5 Å². The summed E-state index contributed by atoms with van der Waals surface area (Å²) in [6.07, 6.45) is 3.10. The second-order valence-electron chi connectivity index (χ2n) is 5.37. The van der Waals surface area contributed by atoms with Gasteiger partial charge < -0.3 is 0 Å². The Labute approximate surface area is 117 Å². The van der Waals surface area contributed by atoms with Crippen LogP contribution in [-0.2, 0) is 15.8 Å². The van der Waals surface area contributed by atoms with Crippen molar-refractivity contribution >= 4 is 16.9 Å². The van der Waals surface area contributed by atoms with Crippen molar-refractivity contribution in [1.29, 1.82) is 0 Å². The molecule has 1 atom stereocenters. The van der Waals surface area contributed by atoms with E-state index in [0.717, 1.165) is 5.56 Å². The maximum absolute atomic E-state index is 12.6. The first-order valence-electron chi connectivity index (χ1n) is 6.23. The minimum absolute atomic E-state index is 0.242. The number of benzene rings is 1. The lowest BCUT2D eigenvalue weighted by Gasteiger charge is -2.33. The summed E-state index contributed by atoms with van der Waals surface area (Å²) in [5.74, 6) is -0.242. The molecule has 0 saturated heterocycles. The third-order valence-electron chi connectivity index (χ3n) is 2.51. The van der Waals surface area contributed by atoms with Gasteiger partial charge in [0.1, 0.15) is 0 Å². The van der Waals surface area contributed by atoms with Gasteiger partial charge in [-0.2, -0.15) is 0 Å². The average Bonchev–Trinajstić information content (AvgIpc) is 2.28. The fourth-order valence-corrected chi connectivity index (χ4v) is 2.93. The van der Waals surface area contributed by atoms with Crippen LogP contribution in [0.3, 0.4) is 0 Å². The molecule has 104 valence electrons. The third-order valence-corrected chi connectivity index (χ3v) is 4.24. The normalized spacial score (nSPS) is 13.5. The molecule has 0 saturated carbocycles. The Balaban J connectivity index is 3.15. The number of hydrogen-bond donors (Lipinski definition) is 0. The smallest absolute Gasteiger partial charge is 0.258 e. The van der Waals surface area contributed by atoms with Crippen molar-refractivity contribution in [3.05, 3.63) is 42.0 Å². The SMILES string of the molecule is C/C=C/C(=O)N([S@@](=O)c1ccc(C)cc1)C(C)(C)C. The molecule has 0 fully saturated rings. The van der Waals surface area contributed by atoms with Gasteiger partial charge in [-0.15, -0.1) is 0 Å². The first-order chi connectivity index (χ1) is 8.77. The second-order valence-corrected chi connectivity index (χ2v) is 6.70. The fraction of sp³-hybridized carbons (Fsp3) is 0.400. The maximum Gasteiger partial charge on any atom is 0.258 e. The Hall–Kier alpha value is -1.42. The number of hydrogen-bond acceptors (Lipinski definition) is 2. The topological polar surface area (TPSA) is 37.4 Å². The van der Waals surface area contributed by atoms with E-state index in [-0.39, 0.29) is 5.91 Å². The standard InChI is InChI=1S/C15H21NO2S/c1-6-7-14(17)16(15(3,4)5)19(18)13-10-8-12(2)9-11-13/h6-11H,1-5H3/b7-6+/t19-/m0/s1. The Morgan fingerprint density at radius 2 is 1.74 bits per heavy atom. The Morgan fingerprint density at radius 1 is 1.21 bits per heavy atom. The molecule has 0 unspecified atom stereocenters. The van der Waals surface area contributed by atoms with E-state index in [1.54, 1.807) is 25.1 Å². The molecule has 0 bridgehead atoms. The number of nitrogens with zero attached hydrogens (tertiary/aromatic N) is 1. The summed E-state index contributed by atoms with van der Waals surface area (Å²) in [5.41, 5.74) is 0.592. The summed E-state index contributed by atoms with van der Waals surface area (Å²) in [5, 5.41) is 0. The average molecular weight is 279 g/mol. The van der Waals surface area contributed by atoms with E-state index in [9.17, 15) is 9.00 Å². The number of rotatable bonds is 3. The zero-order valence-electron chi connectivity index (χ0n) is 12.1. The van der Waals surface area contributed by atoms with Crippen molar-refractivity contribution in [2.24, 2.45) is 0 Å². The molecule has 0 aliphatic rings. The van der Waals surface area contributed by atoms with Gasteiger partial charge in [-0.05, 0) is 52.8 Å². The first-order valence-corrected chi connectivity index (χ1v) is 7.33. The number of aryl methyl sites for hydroxylation is 1. The summed E-state index contributed by atoms with van der Waals surface area (Å²) >= 11 is 0. The van der Waals surface area contributed by atoms with Crippen LogP contribution in [0.5, 0.6) is 0 Å². The molecule has 1 rings (SSSR count). The number of carbonyl (C=O) groups excluding carboxylic acids is 1. The van der Waals surface area contributed by atoms with E-state index in [4.69, 9.17) is 0 Å². The van der Waals surface area contributed by atoms with Crippen molar-refractivity contribution in [2.75, 3.05) is 0 Å². The maximum atomic E-state index is 12.6. The van der Waals surface area contributed by atoms with Gasteiger partial charge >= 0.3 is 0 Å². The van der Waals surface area contributed by atoms with Gasteiger partial charge in [-0.25, -0.2) is 8.51 Å². The summed E-state index contributed by atoms with van der Waals surface area (Å²) in [4.78, 5) is 12.8. The number of carbonyl (C=O) groups is 1. The zero-order chi connectivity index (χ0) is 14.6. The molecule has 1 aromatic rings. The molecule has 0 N–H and O–H groups in total. The lowest BCUT2D eigenvalue weighted by atomic mass is 10.1. The highest BCUT2D eigenvalue weighted by atomic mass is 32.2. The van der Waals surface area contributed by atoms with Crippen LogP contribution in [0.2, 0.25) is 0 Å². The number of amides is 1. The predicted molar refractivity (Wildman–Crippen MR) is 79.0 cm³/mol. The van der Waals surface area contributed by atoms with Crippen LogP contribution in [-0.4, -0.2) is 20.0 Å². The van der Waals surface area contributed by atoms with Gasteiger partial charge in [0.2, 0.25) is 0 Å². The van der Waals surface area contributed by atoms with E-state index in [0.29, 0.717) is 4.90 Å². The van der Waals surface area contributed by atoms with Crippen molar-refractivity contribution in [3.63, 3.8) is 0 Å². The van der Waals surface area contributed by atoms with Crippen molar-refractivity contribution in [3.8, 4) is 0 Å². The molecule has 1 aromatic carbocycles. The first kappa shape index (κ1) is 15.6. The van der Waals surface area contributed by atoms with Gasteiger partial charge in [0, 0.05) is 5.54 Å². The second kappa shape index (κ2) is 6.15. The quantitative estimate of drug-likeness (QED) is 0.797. The largest absolute Gasteiger partial charge is 0.269 e. The van der Waals surface area contributed by atoms with Crippen molar-refractivity contribution in [2.45, 2.75) is 45.1 Å². The molecule has 3 nitrogen and oxygen atoms in total. The van der Waals surface area contributed by atoms with Gasteiger partial charge in [0.25, 0.3) is 5.91 Å². The van der Waals surface area contributed by atoms with Crippen LogP contribution < -0.4 is 0 Å². The molecule has 19 heavy (non-hydrogen) atoms. The predicted octanol–water partition coefficient (Wildman–Crippen LogP) is 3.22. The van der Waals surface area contributed by atoms with Crippen LogP contribution in [0.15, 0.2) is 41.3 Å². The third kappa shape index (κ3) is 4.03. The van der Waals surface area contributed by atoms with E-state index in [2.05, 4.69) is 0 Å². The Bertz CT molecular complexity index is 498. The molecular weight excluding hydrogens is 258 g/mol. The van der Waals surface area contributed by atoms with Crippen molar-refractivity contribution in [1.82, 2.24) is 4.31 Å². The molecule has 0 spiro atoms. The Kier molecular flexibility index (Phi) is 5.06. The van der Waals surface area contributed by atoms with Gasteiger partial charge in [-0.1, -0.05) is 23.8 Å². The van der Waals surface area contributed by atoms with E-state index in [1.165, 1.54) is 10.4 Å². The lowest BCUT2D eigenvalue weighted by molar-refractivity contribution is -0.124. The number of allylic oxidation sites excluding steroid dienone is 1. The molecule has 1 amide bonds. The highest BCUT2D eigenvalue weighted by Gasteiger charge is 2.31. The van der Waals surface area contributed by atoms with Gasteiger partial charge in [-0.3, -0.25) is 4.79 Å². The summed E-state index contributed by atoms with van der Waals surface area (Å²) in [7, 11) is -1.50. The summed E-state index contributed by atoms with van der Waals surface area (Å²) < 4.78 is 14.0. The monoisotopic (exact) mass is 279 g/mol. The van der Waals surface area contributed by atoms with Crippen LogP contribution in [0.4, 0.5) is 0 Å². The van der Waals surface area contributed by atoms with Crippen LogP contribution in [0.1, 0.15) is 33.3 Å². The molecule has 0 aromatic heterocycles. The van der Waals surface area contributed by atoms with Crippen molar-refractivity contribution < 1.29 is 9.00 Å². The highest BCUT2D eigenvalue weighted by Crippen LogP contribution is 2.22. The minimum Gasteiger partial charge on any atom is -0.269 e. The molecule has 0 heterocycles. The molecule has 0 aliphatic heterocycles.